The first kappa shape index (κ1) is 25.1. The van der Waals surface area contributed by atoms with Gasteiger partial charge in [-0.05, 0) is 25.8 Å². The number of rotatable bonds is 6. The van der Waals surface area contributed by atoms with E-state index in [2.05, 4.69) is 20.9 Å². The van der Waals surface area contributed by atoms with Gasteiger partial charge in [0.25, 0.3) is 15.8 Å². The predicted molar refractivity (Wildman–Crippen MR) is 117 cm³/mol. The van der Waals surface area contributed by atoms with Gasteiger partial charge in [0.05, 0.1) is 36.7 Å². The minimum atomic E-state index is -4.38. The number of aryl methyl sites for hydroxylation is 1. The number of nitro groups is 1. The van der Waals surface area contributed by atoms with Gasteiger partial charge in [0, 0.05) is 31.3 Å². The molecule has 2 aliphatic rings. The van der Waals surface area contributed by atoms with E-state index in [4.69, 9.17) is 9.29 Å². The fraction of sp³-hybridized carbons (Fsp3) is 0.650. The van der Waals surface area contributed by atoms with Crippen molar-refractivity contribution in [1.29, 1.82) is 0 Å². The molecule has 1 saturated carbocycles. The van der Waals surface area contributed by atoms with Gasteiger partial charge in [0.1, 0.15) is 4.90 Å². The first-order chi connectivity index (χ1) is 14.8. The van der Waals surface area contributed by atoms with Crippen molar-refractivity contribution in [2.45, 2.75) is 50.0 Å². The normalized spacial score (nSPS) is 17.7. The van der Waals surface area contributed by atoms with Crippen molar-refractivity contribution in [2.75, 3.05) is 39.4 Å². The number of nitro benzene ring substituents is 1. The zero-order chi connectivity index (χ0) is 22.7. The van der Waals surface area contributed by atoms with E-state index in [0.29, 0.717) is 11.6 Å². The van der Waals surface area contributed by atoms with E-state index in [0.717, 1.165) is 51.5 Å². The second-order valence-electron chi connectivity index (χ2n) is 7.54. The van der Waals surface area contributed by atoms with Gasteiger partial charge >= 0.3 is 0 Å². The summed E-state index contributed by atoms with van der Waals surface area (Å²) < 4.78 is 35.2. The largest absolute Gasteiger partial charge is 0.379 e. The Kier molecular flexibility index (Phi) is 10.2. The van der Waals surface area contributed by atoms with Crippen LogP contribution in [0.4, 0.5) is 5.69 Å². The van der Waals surface area contributed by atoms with E-state index in [1.54, 1.807) is 0 Å². The van der Waals surface area contributed by atoms with E-state index < -0.39 is 19.9 Å². The Morgan fingerprint density at radius 3 is 2.55 bits per heavy atom. The van der Waals surface area contributed by atoms with Crippen molar-refractivity contribution in [1.82, 2.24) is 4.90 Å². The lowest BCUT2D eigenvalue weighted by Crippen LogP contribution is -2.37. The van der Waals surface area contributed by atoms with E-state index in [1.807, 2.05) is 0 Å². The lowest BCUT2D eigenvalue weighted by Gasteiger charge is -2.25. The highest BCUT2D eigenvalue weighted by Crippen LogP contribution is 2.21. The summed E-state index contributed by atoms with van der Waals surface area (Å²) in [4.78, 5) is 20.3. The van der Waals surface area contributed by atoms with Crippen LogP contribution >= 0.6 is 0 Å². The third-order valence-corrected chi connectivity index (χ3v) is 6.04. The SMILES string of the molecule is C(=NCCN1CCOCC1)=NC1CCCCC1.Cc1ccc(S(=O)(=O)O)cc1[N+](=O)[O-]. The van der Waals surface area contributed by atoms with Gasteiger partial charge in [0.15, 0.2) is 0 Å². The van der Waals surface area contributed by atoms with Crippen molar-refractivity contribution in [3.05, 3.63) is 33.9 Å². The summed E-state index contributed by atoms with van der Waals surface area (Å²) in [6.45, 7) is 7.10. The Morgan fingerprint density at radius 2 is 1.94 bits per heavy atom. The molecule has 10 nitrogen and oxygen atoms in total. The van der Waals surface area contributed by atoms with Crippen molar-refractivity contribution >= 4 is 21.8 Å². The molecule has 1 saturated heterocycles. The average molecular weight is 455 g/mol. The highest BCUT2D eigenvalue weighted by atomic mass is 32.2. The Hall–Kier alpha value is -2.17. The van der Waals surface area contributed by atoms with Gasteiger partial charge in [-0.2, -0.15) is 8.42 Å². The molecule has 0 spiro atoms. The standard InChI is InChI=1S/C13H23N3O.C7H7NO5S/c1-2-4-13(5-3-1)15-12-14-6-7-16-8-10-17-11-9-16;1-5-2-3-6(14(11,12)13)4-7(5)8(9)10/h13H,1-11H2;2-4H,1H3,(H,11,12,13). The monoisotopic (exact) mass is 454 g/mol. The first-order valence-electron chi connectivity index (χ1n) is 10.4. The van der Waals surface area contributed by atoms with Crippen LogP contribution in [0, 0.1) is 17.0 Å². The third-order valence-electron chi connectivity index (χ3n) is 5.19. The van der Waals surface area contributed by atoms with E-state index in [-0.39, 0.29) is 5.69 Å². The maximum atomic E-state index is 10.7. The topological polar surface area (TPSA) is 135 Å². The third kappa shape index (κ3) is 9.24. The van der Waals surface area contributed by atoms with Crippen LogP contribution in [0.25, 0.3) is 0 Å². The van der Waals surface area contributed by atoms with Crippen LogP contribution in [-0.2, 0) is 14.9 Å². The maximum absolute atomic E-state index is 10.7. The molecule has 31 heavy (non-hydrogen) atoms. The molecular weight excluding hydrogens is 424 g/mol. The Bertz CT molecular complexity index is 887. The van der Waals surface area contributed by atoms with E-state index in [9.17, 15) is 18.5 Å². The fourth-order valence-electron chi connectivity index (χ4n) is 3.35. The number of nitrogens with zero attached hydrogens (tertiary/aromatic N) is 4. The second-order valence-corrected chi connectivity index (χ2v) is 8.96. The van der Waals surface area contributed by atoms with Gasteiger partial charge in [0.2, 0.25) is 0 Å². The van der Waals surface area contributed by atoms with Crippen molar-refractivity contribution < 1.29 is 22.6 Å². The van der Waals surface area contributed by atoms with Crippen LogP contribution in [-0.4, -0.2) is 74.2 Å². The molecule has 1 aromatic carbocycles. The number of hydrogen-bond donors (Lipinski definition) is 1. The maximum Gasteiger partial charge on any atom is 0.294 e. The highest BCUT2D eigenvalue weighted by Gasteiger charge is 2.17. The van der Waals surface area contributed by atoms with Crippen LogP contribution in [0.2, 0.25) is 0 Å². The Labute approximate surface area is 182 Å². The lowest BCUT2D eigenvalue weighted by molar-refractivity contribution is -0.385. The van der Waals surface area contributed by atoms with Crippen LogP contribution in [0.5, 0.6) is 0 Å². The summed E-state index contributed by atoms with van der Waals surface area (Å²) >= 11 is 0. The summed E-state index contributed by atoms with van der Waals surface area (Å²) in [5, 5.41) is 10.4. The minimum Gasteiger partial charge on any atom is -0.379 e. The highest BCUT2D eigenvalue weighted by molar-refractivity contribution is 7.85. The van der Waals surface area contributed by atoms with Gasteiger partial charge < -0.3 is 4.74 Å². The fourth-order valence-corrected chi connectivity index (χ4v) is 3.85. The summed E-state index contributed by atoms with van der Waals surface area (Å²) in [6.07, 6.45) is 6.48. The molecule has 172 valence electrons. The van der Waals surface area contributed by atoms with Crippen molar-refractivity contribution in [3.63, 3.8) is 0 Å². The molecule has 11 heteroatoms. The van der Waals surface area contributed by atoms with Gasteiger partial charge in [-0.1, -0.05) is 25.3 Å². The second kappa shape index (κ2) is 12.6. The molecule has 0 amide bonds. The molecule has 0 atom stereocenters. The molecular formula is C20H30N4O6S. The smallest absolute Gasteiger partial charge is 0.294 e. The number of hydrogen-bond acceptors (Lipinski definition) is 8. The summed E-state index contributed by atoms with van der Waals surface area (Å²) in [5.74, 6) is 0. The number of aliphatic imine (C=N–C) groups is 2. The van der Waals surface area contributed by atoms with Crippen LogP contribution in [0.15, 0.2) is 33.1 Å². The van der Waals surface area contributed by atoms with Gasteiger partial charge in [-0.3, -0.25) is 19.6 Å². The van der Waals surface area contributed by atoms with Crippen LogP contribution in [0.3, 0.4) is 0 Å². The predicted octanol–water partition coefficient (Wildman–Crippen LogP) is 2.98. The summed E-state index contributed by atoms with van der Waals surface area (Å²) in [7, 11) is -4.38. The number of benzene rings is 1. The molecule has 1 aliphatic carbocycles. The lowest BCUT2D eigenvalue weighted by atomic mass is 9.96. The van der Waals surface area contributed by atoms with Crippen LogP contribution in [0.1, 0.15) is 37.7 Å². The summed E-state index contributed by atoms with van der Waals surface area (Å²) in [5.41, 5.74) is 0.00234. The quantitative estimate of drug-likeness (QED) is 0.302. The Balaban J connectivity index is 0.000000225. The van der Waals surface area contributed by atoms with Crippen LogP contribution < -0.4 is 0 Å². The van der Waals surface area contributed by atoms with E-state index in [1.165, 1.54) is 45.1 Å². The Morgan fingerprint density at radius 1 is 1.26 bits per heavy atom. The van der Waals surface area contributed by atoms with Gasteiger partial charge in [-0.15, -0.1) is 0 Å². The first-order valence-corrected chi connectivity index (χ1v) is 11.9. The van der Waals surface area contributed by atoms with Crippen molar-refractivity contribution in [2.24, 2.45) is 9.98 Å². The molecule has 2 fully saturated rings. The summed E-state index contributed by atoms with van der Waals surface area (Å²) in [6, 6.07) is 6.58. The van der Waals surface area contributed by atoms with Crippen molar-refractivity contribution in [3.8, 4) is 0 Å². The zero-order valence-electron chi connectivity index (χ0n) is 17.8. The molecule has 1 aromatic rings. The molecule has 0 unspecified atom stereocenters. The molecule has 1 N–H and O–H groups in total. The van der Waals surface area contributed by atoms with Gasteiger partial charge in [-0.25, -0.2) is 9.98 Å². The number of ether oxygens (including phenoxy) is 1. The zero-order valence-corrected chi connectivity index (χ0v) is 18.6. The molecule has 0 bridgehead atoms. The minimum absolute atomic E-state index is 0.333. The molecule has 0 radical (unpaired) electrons. The molecule has 3 rings (SSSR count). The molecule has 0 aromatic heterocycles. The average Bonchev–Trinajstić information content (AvgIpc) is 2.75. The number of morpholine rings is 1. The molecule has 1 aliphatic heterocycles. The van der Waals surface area contributed by atoms with E-state index >= 15 is 0 Å². The molecule has 1 heterocycles.